The Hall–Kier alpha value is -1.92. The summed E-state index contributed by atoms with van der Waals surface area (Å²) >= 11 is 6.12. The van der Waals surface area contributed by atoms with Crippen molar-refractivity contribution in [2.75, 3.05) is 13.1 Å². The zero-order chi connectivity index (χ0) is 15.5. The minimum absolute atomic E-state index is 0.0161. The van der Waals surface area contributed by atoms with Gasteiger partial charge in [-0.3, -0.25) is 9.69 Å². The number of nitrogens with zero attached hydrogens (tertiary/aromatic N) is 3. The third-order valence-corrected chi connectivity index (χ3v) is 4.25. The third kappa shape index (κ3) is 3.28. The van der Waals surface area contributed by atoms with E-state index < -0.39 is 0 Å². The molecule has 0 atom stereocenters. The monoisotopic (exact) mass is 320 g/mol. The molecule has 2 N–H and O–H groups in total. The molecule has 116 valence electrons. The molecule has 0 unspecified atom stereocenters. The van der Waals surface area contributed by atoms with Gasteiger partial charge in [-0.15, -0.1) is 10.2 Å². The number of aromatic nitrogens is 2. The van der Waals surface area contributed by atoms with E-state index in [0.29, 0.717) is 23.3 Å². The number of likely N-dealkylation sites (tertiary alicyclic amines) is 1. The quantitative estimate of drug-likeness (QED) is 0.932. The number of carbonyl (C=O) groups is 1. The highest BCUT2D eigenvalue weighted by atomic mass is 35.5. The van der Waals surface area contributed by atoms with Crippen LogP contribution in [0.15, 0.2) is 28.7 Å². The first-order valence-corrected chi connectivity index (χ1v) is 7.60. The lowest BCUT2D eigenvalue weighted by Crippen LogP contribution is -2.38. The van der Waals surface area contributed by atoms with E-state index in [2.05, 4.69) is 15.1 Å². The highest BCUT2D eigenvalue weighted by molar-refractivity contribution is 6.33. The predicted molar refractivity (Wildman–Crippen MR) is 81.9 cm³/mol. The van der Waals surface area contributed by atoms with Crippen molar-refractivity contribution in [3.8, 4) is 11.5 Å². The maximum atomic E-state index is 11.2. The number of hydrogen-bond donors (Lipinski definition) is 1. The molecule has 3 rings (SSSR count). The van der Waals surface area contributed by atoms with Gasteiger partial charge >= 0.3 is 0 Å². The van der Waals surface area contributed by atoms with Crippen LogP contribution in [0.3, 0.4) is 0 Å². The van der Waals surface area contributed by atoms with Gasteiger partial charge in [-0.2, -0.15) is 0 Å². The van der Waals surface area contributed by atoms with Crippen LogP contribution in [0.25, 0.3) is 11.5 Å². The summed E-state index contributed by atoms with van der Waals surface area (Å²) in [6.45, 7) is 2.18. The molecule has 0 spiro atoms. The minimum atomic E-state index is -0.210. The number of nitrogens with two attached hydrogens (primary N) is 1. The highest BCUT2D eigenvalue weighted by Crippen LogP contribution is 2.26. The first-order chi connectivity index (χ1) is 10.6. The van der Waals surface area contributed by atoms with Gasteiger partial charge in [0.2, 0.25) is 17.7 Å². The molecule has 1 amide bonds. The number of rotatable bonds is 4. The lowest BCUT2D eigenvalue weighted by atomic mass is 9.96. The number of piperidine rings is 1. The molecule has 1 saturated heterocycles. The molecule has 22 heavy (non-hydrogen) atoms. The average Bonchev–Trinajstić information content (AvgIpc) is 2.96. The molecule has 7 heteroatoms. The molecule has 2 heterocycles. The van der Waals surface area contributed by atoms with E-state index in [4.69, 9.17) is 21.8 Å². The Morgan fingerprint density at radius 1 is 1.32 bits per heavy atom. The van der Waals surface area contributed by atoms with Crippen LogP contribution in [-0.2, 0) is 11.3 Å². The average molecular weight is 321 g/mol. The van der Waals surface area contributed by atoms with Crippen LogP contribution in [0.5, 0.6) is 0 Å². The minimum Gasteiger partial charge on any atom is -0.419 e. The van der Waals surface area contributed by atoms with E-state index in [1.165, 1.54) is 0 Å². The van der Waals surface area contributed by atoms with Crippen molar-refractivity contribution in [2.45, 2.75) is 19.4 Å². The second-order valence-electron chi connectivity index (χ2n) is 5.43. The lowest BCUT2D eigenvalue weighted by Gasteiger charge is -2.29. The fourth-order valence-corrected chi connectivity index (χ4v) is 2.84. The zero-order valence-corrected chi connectivity index (χ0v) is 12.8. The largest absolute Gasteiger partial charge is 0.419 e. The van der Waals surface area contributed by atoms with Gasteiger partial charge in [-0.25, -0.2) is 0 Å². The van der Waals surface area contributed by atoms with E-state index >= 15 is 0 Å². The molecule has 0 saturated carbocycles. The Labute approximate surface area is 133 Å². The van der Waals surface area contributed by atoms with Gasteiger partial charge in [0.15, 0.2) is 0 Å². The predicted octanol–water partition coefficient (Wildman–Crippen LogP) is 2.09. The molecule has 2 aromatic rings. The molecular formula is C15H17ClN4O2. The number of benzene rings is 1. The topological polar surface area (TPSA) is 85.3 Å². The van der Waals surface area contributed by atoms with Gasteiger partial charge in [0.25, 0.3) is 0 Å². The molecular weight excluding hydrogens is 304 g/mol. The lowest BCUT2D eigenvalue weighted by molar-refractivity contribution is -0.123. The summed E-state index contributed by atoms with van der Waals surface area (Å²) in [5, 5.41) is 8.71. The Balaban J connectivity index is 1.63. The van der Waals surface area contributed by atoms with E-state index in [-0.39, 0.29) is 11.8 Å². The Bertz CT molecular complexity index is 665. The van der Waals surface area contributed by atoms with Crippen LogP contribution in [-0.4, -0.2) is 34.1 Å². The van der Waals surface area contributed by atoms with Crippen LogP contribution in [0.2, 0.25) is 5.02 Å². The number of amides is 1. The summed E-state index contributed by atoms with van der Waals surface area (Å²) in [6, 6.07) is 7.36. The molecule has 1 aliphatic heterocycles. The van der Waals surface area contributed by atoms with Crippen molar-refractivity contribution in [3.63, 3.8) is 0 Å². The summed E-state index contributed by atoms with van der Waals surface area (Å²) < 4.78 is 5.69. The van der Waals surface area contributed by atoms with Crippen molar-refractivity contribution in [1.29, 1.82) is 0 Å². The number of carbonyl (C=O) groups excluding carboxylic acids is 1. The van der Waals surface area contributed by atoms with Gasteiger partial charge in [-0.05, 0) is 38.1 Å². The summed E-state index contributed by atoms with van der Waals surface area (Å²) in [6.07, 6.45) is 1.56. The molecule has 1 aromatic carbocycles. The summed E-state index contributed by atoms with van der Waals surface area (Å²) in [5.41, 5.74) is 6.07. The second kappa shape index (κ2) is 6.46. The summed E-state index contributed by atoms with van der Waals surface area (Å²) in [4.78, 5) is 13.3. The van der Waals surface area contributed by atoms with E-state index in [1.807, 2.05) is 18.2 Å². The Kier molecular flexibility index (Phi) is 4.40. The van der Waals surface area contributed by atoms with Crippen molar-refractivity contribution in [2.24, 2.45) is 11.7 Å². The van der Waals surface area contributed by atoms with E-state index in [9.17, 15) is 4.79 Å². The van der Waals surface area contributed by atoms with Crippen LogP contribution in [0.1, 0.15) is 18.7 Å². The number of halogens is 1. The van der Waals surface area contributed by atoms with Crippen LogP contribution in [0.4, 0.5) is 0 Å². The first kappa shape index (κ1) is 15.0. The zero-order valence-electron chi connectivity index (χ0n) is 12.0. The normalized spacial score (nSPS) is 16.8. The van der Waals surface area contributed by atoms with Gasteiger partial charge in [0.05, 0.1) is 17.1 Å². The summed E-state index contributed by atoms with van der Waals surface area (Å²) in [7, 11) is 0. The van der Waals surface area contributed by atoms with Crippen molar-refractivity contribution in [3.05, 3.63) is 35.2 Å². The first-order valence-electron chi connectivity index (χ1n) is 7.22. The fourth-order valence-electron chi connectivity index (χ4n) is 2.63. The van der Waals surface area contributed by atoms with Crippen LogP contribution in [0, 0.1) is 5.92 Å². The van der Waals surface area contributed by atoms with Gasteiger partial charge in [0.1, 0.15) is 0 Å². The van der Waals surface area contributed by atoms with Crippen molar-refractivity contribution in [1.82, 2.24) is 15.1 Å². The fraction of sp³-hybridized carbons (Fsp3) is 0.400. The SMILES string of the molecule is NC(=O)C1CCN(Cc2nnc(-c3ccccc3Cl)o2)CC1. The van der Waals surface area contributed by atoms with E-state index in [0.717, 1.165) is 31.5 Å². The van der Waals surface area contributed by atoms with Crippen LogP contribution < -0.4 is 5.73 Å². The maximum absolute atomic E-state index is 11.2. The van der Waals surface area contributed by atoms with Gasteiger partial charge in [0, 0.05) is 5.92 Å². The molecule has 0 aliphatic carbocycles. The molecule has 1 aliphatic rings. The van der Waals surface area contributed by atoms with Crippen LogP contribution >= 0.6 is 11.6 Å². The molecule has 0 radical (unpaired) electrons. The highest BCUT2D eigenvalue weighted by Gasteiger charge is 2.24. The summed E-state index contributed by atoms with van der Waals surface area (Å²) in [5.74, 6) is 0.746. The van der Waals surface area contributed by atoms with Gasteiger partial charge in [-0.1, -0.05) is 23.7 Å². The van der Waals surface area contributed by atoms with Crippen molar-refractivity contribution < 1.29 is 9.21 Å². The Morgan fingerprint density at radius 2 is 2.05 bits per heavy atom. The smallest absolute Gasteiger partial charge is 0.249 e. The van der Waals surface area contributed by atoms with Crippen molar-refractivity contribution >= 4 is 17.5 Å². The third-order valence-electron chi connectivity index (χ3n) is 3.92. The van der Waals surface area contributed by atoms with E-state index in [1.54, 1.807) is 6.07 Å². The molecule has 0 bridgehead atoms. The molecule has 1 aromatic heterocycles. The molecule has 6 nitrogen and oxygen atoms in total. The molecule has 1 fully saturated rings. The Morgan fingerprint density at radius 3 is 2.73 bits per heavy atom. The second-order valence-corrected chi connectivity index (χ2v) is 5.84. The standard InChI is InChI=1S/C15H17ClN4O2/c16-12-4-2-1-3-11(12)15-19-18-13(22-15)9-20-7-5-10(6-8-20)14(17)21/h1-4,10H,5-9H2,(H2,17,21). The van der Waals surface area contributed by atoms with Gasteiger partial charge < -0.3 is 10.2 Å². The number of hydrogen-bond acceptors (Lipinski definition) is 5. The number of primary amides is 1. The maximum Gasteiger partial charge on any atom is 0.249 e.